The summed E-state index contributed by atoms with van der Waals surface area (Å²) in [5.41, 5.74) is 0.899. The van der Waals surface area contributed by atoms with Crippen LogP contribution in [0.2, 0.25) is 0 Å². The number of hydrogen-bond acceptors (Lipinski definition) is 3. The van der Waals surface area contributed by atoms with E-state index in [2.05, 4.69) is 0 Å². The van der Waals surface area contributed by atoms with Crippen molar-refractivity contribution >= 4 is 16.8 Å². The second kappa shape index (κ2) is 8.38. The van der Waals surface area contributed by atoms with Crippen molar-refractivity contribution in [3.05, 3.63) is 70.5 Å². The highest BCUT2D eigenvalue weighted by Gasteiger charge is 2.31. The Bertz CT molecular complexity index is 1120. The number of nitrogens with zero attached hydrogens (tertiary/aromatic N) is 3. The normalized spacial score (nSPS) is 15.4. The Hall–Kier alpha value is -3.02. The summed E-state index contributed by atoms with van der Waals surface area (Å²) in [7, 11) is 0. The minimum atomic E-state index is -0.398. The Labute approximate surface area is 175 Å². The summed E-state index contributed by atoms with van der Waals surface area (Å²) in [6.07, 6.45) is 3.99. The van der Waals surface area contributed by atoms with Gasteiger partial charge in [-0.1, -0.05) is 25.0 Å². The van der Waals surface area contributed by atoms with E-state index in [9.17, 15) is 14.0 Å². The quantitative estimate of drug-likeness (QED) is 0.620. The van der Waals surface area contributed by atoms with Gasteiger partial charge in [-0.15, -0.1) is 0 Å². The molecule has 1 amide bonds. The molecule has 0 saturated heterocycles. The minimum Gasteiger partial charge on any atom is -0.333 e. The second-order valence-corrected chi connectivity index (χ2v) is 7.89. The molecule has 2 aromatic carbocycles. The summed E-state index contributed by atoms with van der Waals surface area (Å²) in [6, 6.07) is 12.6. The van der Waals surface area contributed by atoms with Crippen LogP contribution in [-0.4, -0.2) is 26.9 Å². The highest BCUT2D eigenvalue weighted by atomic mass is 19.1. The fourth-order valence-corrected chi connectivity index (χ4v) is 4.44. The van der Waals surface area contributed by atoms with Gasteiger partial charge in [-0.05, 0) is 63.1 Å². The van der Waals surface area contributed by atoms with E-state index in [-0.39, 0.29) is 23.2 Å². The maximum absolute atomic E-state index is 13.5. The Balaban J connectivity index is 1.87. The predicted molar refractivity (Wildman–Crippen MR) is 115 cm³/mol. The van der Waals surface area contributed by atoms with Crippen LogP contribution in [0.4, 0.5) is 4.39 Å². The Morgan fingerprint density at radius 3 is 2.50 bits per heavy atom. The molecule has 5 nitrogen and oxygen atoms in total. The van der Waals surface area contributed by atoms with Gasteiger partial charge in [0.15, 0.2) is 0 Å². The zero-order valence-corrected chi connectivity index (χ0v) is 17.3. The van der Waals surface area contributed by atoms with Crippen LogP contribution in [0.1, 0.15) is 51.4 Å². The molecule has 0 bridgehead atoms. The van der Waals surface area contributed by atoms with Crippen molar-refractivity contribution in [2.24, 2.45) is 5.92 Å². The fraction of sp³-hybridized carbons (Fsp3) is 0.375. The van der Waals surface area contributed by atoms with E-state index >= 15 is 0 Å². The number of fused-ring (bicyclic) bond motifs is 1. The van der Waals surface area contributed by atoms with Crippen LogP contribution >= 0.6 is 0 Å². The van der Waals surface area contributed by atoms with E-state index in [1.54, 1.807) is 30.3 Å². The smallest absolute Gasteiger partial charge is 0.266 e. The molecule has 1 heterocycles. The maximum Gasteiger partial charge on any atom is 0.266 e. The number of amides is 1. The Morgan fingerprint density at radius 1 is 1.17 bits per heavy atom. The average Bonchev–Trinajstić information content (AvgIpc) is 3.30. The van der Waals surface area contributed by atoms with Crippen LogP contribution in [0.5, 0.6) is 0 Å². The van der Waals surface area contributed by atoms with Crippen molar-refractivity contribution in [2.45, 2.75) is 45.6 Å². The van der Waals surface area contributed by atoms with Gasteiger partial charge in [0.1, 0.15) is 11.6 Å². The Morgan fingerprint density at radius 2 is 1.83 bits per heavy atom. The van der Waals surface area contributed by atoms with Gasteiger partial charge in [-0.25, -0.2) is 9.37 Å². The molecule has 156 valence electrons. The summed E-state index contributed by atoms with van der Waals surface area (Å²) in [5, 5.41) is 0.489. The summed E-state index contributed by atoms with van der Waals surface area (Å²) >= 11 is 0. The van der Waals surface area contributed by atoms with E-state index in [4.69, 9.17) is 4.98 Å². The second-order valence-electron chi connectivity index (χ2n) is 7.89. The molecule has 1 atom stereocenters. The van der Waals surface area contributed by atoms with Crippen molar-refractivity contribution < 1.29 is 9.18 Å². The first-order valence-corrected chi connectivity index (χ1v) is 10.6. The molecule has 3 aromatic rings. The lowest BCUT2D eigenvalue weighted by atomic mass is 10.0. The van der Waals surface area contributed by atoms with Gasteiger partial charge in [-0.3, -0.25) is 14.2 Å². The number of rotatable bonds is 5. The van der Waals surface area contributed by atoms with E-state index in [1.807, 2.05) is 24.8 Å². The Kier molecular flexibility index (Phi) is 5.66. The van der Waals surface area contributed by atoms with Gasteiger partial charge in [0.25, 0.3) is 5.56 Å². The van der Waals surface area contributed by atoms with Crippen molar-refractivity contribution in [1.82, 2.24) is 14.5 Å². The number of halogens is 1. The predicted octanol–water partition coefficient (Wildman–Crippen LogP) is 4.62. The molecule has 1 aliphatic rings. The van der Waals surface area contributed by atoms with E-state index < -0.39 is 6.04 Å². The molecule has 1 aliphatic carbocycles. The molecule has 6 heteroatoms. The lowest BCUT2D eigenvalue weighted by molar-refractivity contribution is -0.137. The van der Waals surface area contributed by atoms with Crippen LogP contribution < -0.4 is 5.56 Å². The van der Waals surface area contributed by atoms with Gasteiger partial charge < -0.3 is 4.90 Å². The zero-order chi connectivity index (χ0) is 21.3. The molecule has 4 rings (SSSR count). The first kappa shape index (κ1) is 20.3. The molecule has 1 unspecified atom stereocenters. The number of aromatic nitrogens is 2. The molecule has 0 spiro atoms. The summed E-state index contributed by atoms with van der Waals surface area (Å²) < 4.78 is 15.0. The lowest BCUT2D eigenvalue weighted by Gasteiger charge is -2.31. The molecular weight excluding hydrogens is 381 g/mol. The van der Waals surface area contributed by atoms with Crippen LogP contribution in [0.15, 0.2) is 53.3 Å². The maximum atomic E-state index is 13.5. The topological polar surface area (TPSA) is 55.2 Å². The number of para-hydroxylation sites is 1. The molecule has 1 saturated carbocycles. The SMILES string of the molecule is CCN(C(=O)C1CCCC1)C(C)c1nc2ccccc2c(=O)n1-c1ccc(F)cc1. The molecule has 0 N–H and O–H groups in total. The largest absolute Gasteiger partial charge is 0.333 e. The molecule has 30 heavy (non-hydrogen) atoms. The van der Waals surface area contributed by atoms with Crippen molar-refractivity contribution in [1.29, 1.82) is 0 Å². The number of benzene rings is 2. The molecule has 1 aromatic heterocycles. The molecule has 0 aliphatic heterocycles. The average molecular weight is 407 g/mol. The number of hydrogen-bond donors (Lipinski definition) is 0. The summed E-state index contributed by atoms with van der Waals surface area (Å²) in [4.78, 5) is 33.2. The minimum absolute atomic E-state index is 0.0406. The zero-order valence-electron chi connectivity index (χ0n) is 17.3. The van der Waals surface area contributed by atoms with E-state index in [0.717, 1.165) is 25.7 Å². The van der Waals surface area contributed by atoms with Gasteiger partial charge >= 0.3 is 0 Å². The third kappa shape index (κ3) is 3.62. The third-order valence-corrected chi connectivity index (χ3v) is 6.06. The van der Waals surface area contributed by atoms with Gasteiger partial charge in [0.05, 0.1) is 22.6 Å². The van der Waals surface area contributed by atoms with Gasteiger partial charge in [0.2, 0.25) is 5.91 Å². The van der Waals surface area contributed by atoms with Gasteiger partial charge in [-0.2, -0.15) is 0 Å². The molecular formula is C24H26FN3O2. The standard InChI is InChI=1S/C24H26FN3O2/c1-3-27(23(29)17-8-4-5-9-17)16(2)22-26-21-11-7-6-10-20(21)24(30)28(22)19-14-12-18(25)13-15-19/h6-7,10-17H,3-5,8-9H2,1-2H3. The molecule has 0 radical (unpaired) electrons. The highest BCUT2D eigenvalue weighted by molar-refractivity contribution is 5.80. The van der Waals surface area contributed by atoms with Crippen LogP contribution in [0.25, 0.3) is 16.6 Å². The van der Waals surface area contributed by atoms with Gasteiger partial charge in [0, 0.05) is 12.5 Å². The first-order valence-electron chi connectivity index (χ1n) is 10.6. The van der Waals surface area contributed by atoms with Crippen LogP contribution in [0.3, 0.4) is 0 Å². The van der Waals surface area contributed by atoms with E-state index in [0.29, 0.717) is 29.0 Å². The summed E-state index contributed by atoms with van der Waals surface area (Å²) in [6.45, 7) is 4.39. The fourth-order valence-electron chi connectivity index (χ4n) is 4.44. The van der Waals surface area contributed by atoms with Crippen molar-refractivity contribution in [2.75, 3.05) is 6.54 Å². The van der Waals surface area contributed by atoms with E-state index in [1.165, 1.54) is 16.7 Å². The van der Waals surface area contributed by atoms with Crippen LogP contribution in [-0.2, 0) is 4.79 Å². The highest BCUT2D eigenvalue weighted by Crippen LogP contribution is 2.30. The number of carbonyl (C=O) groups excluding carboxylic acids is 1. The molecule has 1 fully saturated rings. The monoisotopic (exact) mass is 407 g/mol. The first-order chi connectivity index (χ1) is 14.5. The number of carbonyl (C=O) groups is 1. The summed E-state index contributed by atoms with van der Waals surface area (Å²) in [5.74, 6) is 0.273. The third-order valence-electron chi connectivity index (χ3n) is 6.06. The van der Waals surface area contributed by atoms with Crippen molar-refractivity contribution in [3.63, 3.8) is 0 Å². The van der Waals surface area contributed by atoms with Crippen molar-refractivity contribution in [3.8, 4) is 5.69 Å². The van der Waals surface area contributed by atoms with Crippen LogP contribution in [0, 0.1) is 11.7 Å². The lowest BCUT2D eigenvalue weighted by Crippen LogP contribution is -2.40.